The summed E-state index contributed by atoms with van der Waals surface area (Å²) in [5.74, 6) is 0.232. The van der Waals surface area contributed by atoms with Crippen LogP contribution in [0.25, 0.3) is 0 Å². The molecular weight excluding hydrogens is 434 g/mol. The summed E-state index contributed by atoms with van der Waals surface area (Å²) in [6.45, 7) is 6.62. The molecule has 0 fully saturated rings. The van der Waals surface area contributed by atoms with Crippen LogP contribution in [0.3, 0.4) is 0 Å². The molecule has 2 amide bonds. The van der Waals surface area contributed by atoms with Crippen LogP contribution in [0, 0.1) is 6.92 Å². The lowest BCUT2D eigenvalue weighted by Crippen LogP contribution is -2.37. The lowest BCUT2D eigenvalue weighted by Gasteiger charge is -2.26. The molecule has 3 aromatic rings. The van der Waals surface area contributed by atoms with Crippen molar-refractivity contribution in [3.8, 4) is 0 Å². The minimum absolute atomic E-state index is 0.126. The maximum atomic E-state index is 13.1. The number of furan rings is 1. The molecule has 0 radical (unpaired) electrons. The van der Waals surface area contributed by atoms with Gasteiger partial charge in [0.1, 0.15) is 28.8 Å². The fraction of sp³-hybridized carbons (Fsp3) is 0.269. The first kappa shape index (κ1) is 23.3. The number of fused-ring (bicyclic) bond motifs is 1. The fourth-order valence-electron chi connectivity index (χ4n) is 3.98. The zero-order valence-electron chi connectivity index (χ0n) is 19.0. The van der Waals surface area contributed by atoms with Crippen LogP contribution in [-0.2, 0) is 17.7 Å². The van der Waals surface area contributed by atoms with E-state index in [1.807, 2.05) is 43.3 Å². The number of hydrogen-bond acceptors (Lipinski definition) is 5. The molecule has 1 aromatic carbocycles. The van der Waals surface area contributed by atoms with E-state index in [-0.39, 0.29) is 36.9 Å². The topological polar surface area (TPSA) is 103 Å². The van der Waals surface area contributed by atoms with Gasteiger partial charge in [-0.15, -0.1) is 6.58 Å². The van der Waals surface area contributed by atoms with Gasteiger partial charge < -0.3 is 24.4 Å². The molecule has 8 nitrogen and oxygen atoms in total. The zero-order chi connectivity index (χ0) is 24.1. The highest BCUT2D eigenvalue weighted by molar-refractivity contribution is 5.99. The summed E-state index contributed by atoms with van der Waals surface area (Å²) in [4.78, 5) is 38.7. The third kappa shape index (κ3) is 5.18. The first-order valence-corrected chi connectivity index (χ1v) is 11.1. The summed E-state index contributed by atoms with van der Waals surface area (Å²) < 4.78 is 13.1. The van der Waals surface area contributed by atoms with E-state index in [2.05, 4.69) is 17.2 Å². The second-order valence-electron chi connectivity index (χ2n) is 8.12. The number of pyridine rings is 1. The van der Waals surface area contributed by atoms with Crippen LogP contribution in [-0.4, -0.2) is 36.1 Å². The average Bonchev–Trinajstić information content (AvgIpc) is 3.26. The molecule has 0 spiro atoms. The van der Waals surface area contributed by atoms with E-state index in [0.717, 1.165) is 17.7 Å². The van der Waals surface area contributed by atoms with Crippen LogP contribution < -0.4 is 16.1 Å². The highest BCUT2D eigenvalue weighted by atomic mass is 16.5. The van der Waals surface area contributed by atoms with Gasteiger partial charge in [-0.05, 0) is 36.6 Å². The maximum Gasteiger partial charge on any atom is 0.257 e. The van der Waals surface area contributed by atoms with Crippen molar-refractivity contribution in [3.05, 3.63) is 105 Å². The Morgan fingerprint density at radius 3 is 2.56 bits per heavy atom. The van der Waals surface area contributed by atoms with Crippen molar-refractivity contribution in [2.75, 3.05) is 19.7 Å². The number of benzene rings is 1. The van der Waals surface area contributed by atoms with Crippen LogP contribution in [0.2, 0.25) is 0 Å². The van der Waals surface area contributed by atoms with Crippen molar-refractivity contribution in [3.63, 3.8) is 0 Å². The van der Waals surface area contributed by atoms with Crippen LogP contribution in [0.5, 0.6) is 0 Å². The molecule has 1 unspecified atom stereocenters. The van der Waals surface area contributed by atoms with E-state index in [1.165, 1.54) is 24.0 Å². The molecule has 4 rings (SSSR count). The minimum atomic E-state index is -0.643. The number of nitrogens with zero attached hydrogens (tertiary/aromatic N) is 1. The maximum absolute atomic E-state index is 13.1. The lowest BCUT2D eigenvalue weighted by molar-refractivity contribution is 0.0411. The molecule has 1 aliphatic heterocycles. The SMILES string of the molecule is C=CCNC(=O)c1cn(Cc2ccc(C)o2)cc(C(=O)NCC2OCCc3ccccc32)c1=O. The van der Waals surface area contributed by atoms with Gasteiger partial charge in [0.15, 0.2) is 0 Å². The van der Waals surface area contributed by atoms with Gasteiger partial charge in [-0.25, -0.2) is 0 Å². The van der Waals surface area contributed by atoms with Crippen molar-refractivity contribution in [1.82, 2.24) is 15.2 Å². The molecule has 1 atom stereocenters. The molecule has 0 saturated carbocycles. The third-order valence-electron chi connectivity index (χ3n) is 5.65. The molecule has 3 heterocycles. The smallest absolute Gasteiger partial charge is 0.257 e. The van der Waals surface area contributed by atoms with Crippen LogP contribution in [0.4, 0.5) is 0 Å². The van der Waals surface area contributed by atoms with E-state index in [0.29, 0.717) is 12.4 Å². The fourth-order valence-corrected chi connectivity index (χ4v) is 3.98. The Balaban J connectivity index is 1.59. The van der Waals surface area contributed by atoms with Crippen molar-refractivity contribution >= 4 is 11.8 Å². The summed E-state index contributed by atoms with van der Waals surface area (Å²) in [5, 5.41) is 5.41. The van der Waals surface area contributed by atoms with E-state index in [1.54, 1.807) is 4.57 Å². The molecule has 1 aliphatic rings. The van der Waals surface area contributed by atoms with E-state index < -0.39 is 17.2 Å². The molecule has 0 aliphatic carbocycles. The molecule has 0 bridgehead atoms. The summed E-state index contributed by atoms with van der Waals surface area (Å²) >= 11 is 0. The minimum Gasteiger partial charge on any atom is -0.464 e. The molecular formula is C26H27N3O5. The molecule has 2 aromatic heterocycles. The number of amides is 2. The standard InChI is InChI=1S/C26H27N3O5/c1-3-11-27-25(31)21-15-29(14-19-9-8-17(2)34-19)16-22(24(21)30)26(32)28-13-23-20-7-5-4-6-18(20)10-12-33-23/h3-9,15-16,23H,1,10-14H2,2H3,(H,27,31)(H,28,32). The second kappa shape index (κ2) is 10.4. The zero-order valence-corrected chi connectivity index (χ0v) is 19.0. The number of nitrogens with one attached hydrogen (secondary N) is 2. The van der Waals surface area contributed by atoms with Gasteiger partial charge in [-0.3, -0.25) is 14.4 Å². The van der Waals surface area contributed by atoms with Gasteiger partial charge in [0.05, 0.1) is 13.2 Å². The lowest BCUT2D eigenvalue weighted by atomic mass is 9.97. The van der Waals surface area contributed by atoms with E-state index in [4.69, 9.17) is 9.15 Å². The van der Waals surface area contributed by atoms with Gasteiger partial charge in [0.25, 0.3) is 11.8 Å². The Morgan fingerprint density at radius 2 is 1.85 bits per heavy atom. The number of hydrogen-bond donors (Lipinski definition) is 2. The van der Waals surface area contributed by atoms with Crippen LogP contribution >= 0.6 is 0 Å². The number of carbonyl (C=O) groups is 2. The first-order chi connectivity index (χ1) is 16.5. The predicted octanol–water partition coefficient (Wildman–Crippen LogP) is 2.76. The van der Waals surface area contributed by atoms with Gasteiger partial charge in [0, 0.05) is 25.5 Å². The highest BCUT2D eigenvalue weighted by Crippen LogP contribution is 2.26. The Hall–Kier alpha value is -3.91. The number of ether oxygens (including phenoxy) is 1. The monoisotopic (exact) mass is 461 g/mol. The Morgan fingerprint density at radius 1 is 1.12 bits per heavy atom. The quantitative estimate of drug-likeness (QED) is 0.502. The van der Waals surface area contributed by atoms with E-state index >= 15 is 0 Å². The van der Waals surface area contributed by atoms with Crippen molar-refractivity contribution < 1.29 is 18.7 Å². The number of rotatable bonds is 8. The first-order valence-electron chi connectivity index (χ1n) is 11.1. The molecule has 176 valence electrons. The second-order valence-corrected chi connectivity index (χ2v) is 8.12. The van der Waals surface area contributed by atoms with Gasteiger partial charge in [-0.1, -0.05) is 30.3 Å². The summed E-state index contributed by atoms with van der Waals surface area (Å²) in [6.07, 6.45) is 4.90. The number of aryl methyl sites for hydroxylation is 1. The Kier molecular flexibility index (Phi) is 7.08. The van der Waals surface area contributed by atoms with Gasteiger partial charge >= 0.3 is 0 Å². The normalized spacial score (nSPS) is 14.8. The average molecular weight is 462 g/mol. The number of aromatic nitrogens is 1. The predicted molar refractivity (Wildman–Crippen MR) is 127 cm³/mol. The van der Waals surface area contributed by atoms with Crippen molar-refractivity contribution in [1.29, 1.82) is 0 Å². The summed E-state index contributed by atoms with van der Waals surface area (Å²) in [5.41, 5.74) is 1.31. The molecule has 0 saturated heterocycles. The third-order valence-corrected chi connectivity index (χ3v) is 5.65. The van der Waals surface area contributed by atoms with Gasteiger partial charge in [-0.2, -0.15) is 0 Å². The largest absolute Gasteiger partial charge is 0.464 e. The Bertz CT molecular complexity index is 1270. The van der Waals surface area contributed by atoms with E-state index in [9.17, 15) is 14.4 Å². The Labute approximate surface area is 197 Å². The van der Waals surface area contributed by atoms with Crippen LogP contribution in [0.1, 0.15) is 49.5 Å². The van der Waals surface area contributed by atoms with Gasteiger partial charge in [0.2, 0.25) is 5.43 Å². The van der Waals surface area contributed by atoms with Crippen LogP contribution in [0.15, 0.2) is 70.7 Å². The molecule has 8 heteroatoms. The number of carbonyl (C=O) groups excluding carboxylic acids is 2. The summed E-state index contributed by atoms with van der Waals surface area (Å²) in [6, 6.07) is 11.6. The highest BCUT2D eigenvalue weighted by Gasteiger charge is 2.23. The molecule has 34 heavy (non-hydrogen) atoms. The van der Waals surface area contributed by atoms with Crippen molar-refractivity contribution in [2.24, 2.45) is 0 Å². The summed E-state index contributed by atoms with van der Waals surface area (Å²) in [7, 11) is 0. The van der Waals surface area contributed by atoms with Crippen molar-refractivity contribution in [2.45, 2.75) is 26.0 Å². The molecule has 2 N–H and O–H groups in total.